The van der Waals surface area contributed by atoms with Crippen molar-refractivity contribution < 1.29 is 9.53 Å². The minimum absolute atomic E-state index is 0.0771. The van der Waals surface area contributed by atoms with E-state index in [-0.39, 0.29) is 23.8 Å². The Morgan fingerprint density at radius 1 is 1.06 bits per heavy atom. The van der Waals surface area contributed by atoms with Gasteiger partial charge in [-0.15, -0.1) is 0 Å². The predicted molar refractivity (Wildman–Crippen MR) is 134 cm³/mol. The van der Waals surface area contributed by atoms with Gasteiger partial charge in [0, 0.05) is 5.02 Å². The van der Waals surface area contributed by atoms with Crippen LogP contribution in [0.1, 0.15) is 12.5 Å². The minimum atomic E-state index is -0.223. The molecule has 0 fully saturated rings. The molecule has 1 amide bonds. The largest absolute Gasteiger partial charge is 0.492 e. The number of benzene rings is 3. The lowest BCUT2D eigenvalue weighted by Gasteiger charge is -2.14. The number of hydrogen-bond donors (Lipinski definition) is 1. The molecule has 0 saturated heterocycles. The number of nitrogens with zero attached hydrogens (tertiary/aromatic N) is 2. The van der Waals surface area contributed by atoms with Gasteiger partial charge in [0.2, 0.25) is 5.91 Å². The van der Waals surface area contributed by atoms with Crippen molar-refractivity contribution in [3.8, 4) is 5.75 Å². The number of fused-ring (bicyclic) bond motifs is 1. The highest BCUT2D eigenvalue weighted by Gasteiger charge is 2.15. The number of nitrogens with one attached hydrogen (secondary N) is 1. The molecule has 0 aliphatic rings. The van der Waals surface area contributed by atoms with Gasteiger partial charge in [-0.1, -0.05) is 65.8 Å². The van der Waals surface area contributed by atoms with Gasteiger partial charge in [-0.25, -0.2) is 4.98 Å². The summed E-state index contributed by atoms with van der Waals surface area (Å²) in [4.78, 5) is 30.6. The van der Waals surface area contributed by atoms with Crippen LogP contribution in [0.4, 0.5) is 5.69 Å². The molecule has 0 bridgehead atoms. The standard InChI is InChI=1S/C25H22ClN3O3S/c1-2-32-22-14-8-7-13-21(22)27-23(30)16-33-25-28-20-12-6-4-10-18(20)24(31)29(25)15-17-9-3-5-11-19(17)26/h3-14H,2,15-16H2,1H3,(H,27,30). The molecule has 4 aromatic rings. The van der Waals surface area contributed by atoms with Crippen LogP contribution in [0.2, 0.25) is 5.02 Å². The Hall–Kier alpha value is -3.29. The van der Waals surface area contributed by atoms with Crippen molar-refractivity contribution in [2.24, 2.45) is 0 Å². The van der Waals surface area contributed by atoms with Crippen molar-refractivity contribution in [2.45, 2.75) is 18.6 Å². The average Bonchev–Trinajstić information content (AvgIpc) is 2.82. The molecule has 0 radical (unpaired) electrons. The number of carbonyl (C=O) groups is 1. The Bertz CT molecular complexity index is 1360. The van der Waals surface area contributed by atoms with E-state index in [4.69, 9.17) is 16.3 Å². The van der Waals surface area contributed by atoms with Crippen LogP contribution in [0.5, 0.6) is 5.75 Å². The van der Waals surface area contributed by atoms with E-state index >= 15 is 0 Å². The molecule has 168 valence electrons. The Morgan fingerprint density at radius 3 is 2.61 bits per heavy atom. The molecule has 6 nitrogen and oxygen atoms in total. The molecule has 3 aromatic carbocycles. The zero-order valence-electron chi connectivity index (χ0n) is 18.0. The fraction of sp³-hybridized carbons (Fsp3) is 0.160. The number of rotatable bonds is 8. The lowest BCUT2D eigenvalue weighted by Crippen LogP contribution is -2.25. The normalized spacial score (nSPS) is 10.8. The van der Waals surface area contributed by atoms with Crippen molar-refractivity contribution in [3.05, 3.63) is 93.7 Å². The molecule has 0 spiro atoms. The number of aromatic nitrogens is 2. The second-order valence-electron chi connectivity index (χ2n) is 7.16. The number of thioether (sulfide) groups is 1. The van der Waals surface area contributed by atoms with Crippen molar-refractivity contribution >= 4 is 45.9 Å². The summed E-state index contributed by atoms with van der Waals surface area (Å²) in [6.45, 7) is 2.64. The van der Waals surface area contributed by atoms with Gasteiger partial charge in [0.1, 0.15) is 5.75 Å². The maximum Gasteiger partial charge on any atom is 0.262 e. The summed E-state index contributed by atoms with van der Waals surface area (Å²) in [6, 6.07) is 21.8. The summed E-state index contributed by atoms with van der Waals surface area (Å²) >= 11 is 7.54. The van der Waals surface area contributed by atoms with Crippen LogP contribution >= 0.6 is 23.4 Å². The van der Waals surface area contributed by atoms with Gasteiger partial charge in [-0.05, 0) is 42.8 Å². The summed E-state index contributed by atoms with van der Waals surface area (Å²) < 4.78 is 7.13. The number of hydrogen-bond acceptors (Lipinski definition) is 5. The molecular formula is C25H22ClN3O3S. The summed E-state index contributed by atoms with van der Waals surface area (Å²) in [7, 11) is 0. The molecule has 1 heterocycles. The first-order valence-corrected chi connectivity index (χ1v) is 11.8. The van der Waals surface area contributed by atoms with Crippen molar-refractivity contribution in [2.75, 3.05) is 17.7 Å². The number of carbonyl (C=O) groups excluding carboxylic acids is 1. The van der Waals surface area contributed by atoms with E-state index in [2.05, 4.69) is 10.3 Å². The highest BCUT2D eigenvalue weighted by atomic mass is 35.5. The fourth-order valence-corrected chi connectivity index (χ4v) is 4.36. The molecule has 0 atom stereocenters. The van der Waals surface area contributed by atoms with Crippen LogP contribution < -0.4 is 15.6 Å². The Morgan fingerprint density at radius 2 is 1.79 bits per heavy atom. The number of para-hydroxylation sites is 3. The van der Waals surface area contributed by atoms with Gasteiger partial charge in [-0.3, -0.25) is 14.2 Å². The first kappa shape index (κ1) is 22.9. The third kappa shape index (κ3) is 5.38. The van der Waals surface area contributed by atoms with Crippen LogP contribution in [-0.4, -0.2) is 27.8 Å². The maximum absolute atomic E-state index is 13.3. The number of anilines is 1. The highest BCUT2D eigenvalue weighted by Crippen LogP contribution is 2.25. The second kappa shape index (κ2) is 10.6. The van der Waals surface area contributed by atoms with Crippen LogP contribution in [0.3, 0.4) is 0 Å². The molecule has 0 unspecified atom stereocenters. The van der Waals surface area contributed by atoms with E-state index in [9.17, 15) is 9.59 Å². The van der Waals surface area contributed by atoms with Crippen LogP contribution in [0.15, 0.2) is 82.7 Å². The third-order valence-electron chi connectivity index (χ3n) is 4.91. The van der Waals surface area contributed by atoms with E-state index in [0.717, 1.165) is 5.56 Å². The number of halogens is 1. The Labute approximate surface area is 200 Å². The molecule has 33 heavy (non-hydrogen) atoms. The van der Waals surface area contributed by atoms with Gasteiger partial charge in [0.05, 0.1) is 35.5 Å². The molecule has 4 rings (SSSR count). The Balaban J connectivity index is 1.61. The quantitative estimate of drug-likeness (QED) is 0.277. The number of amides is 1. The van der Waals surface area contributed by atoms with E-state index < -0.39 is 0 Å². The smallest absolute Gasteiger partial charge is 0.262 e. The lowest BCUT2D eigenvalue weighted by atomic mass is 10.2. The topological polar surface area (TPSA) is 73.2 Å². The highest BCUT2D eigenvalue weighted by molar-refractivity contribution is 7.99. The van der Waals surface area contributed by atoms with Crippen molar-refractivity contribution in [3.63, 3.8) is 0 Å². The molecule has 1 aromatic heterocycles. The Kier molecular flexibility index (Phi) is 7.32. The third-order valence-corrected chi connectivity index (χ3v) is 6.25. The zero-order valence-corrected chi connectivity index (χ0v) is 19.5. The monoisotopic (exact) mass is 479 g/mol. The van der Waals surface area contributed by atoms with Gasteiger partial charge in [-0.2, -0.15) is 0 Å². The van der Waals surface area contributed by atoms with Gasteiger partial charge in [0.25, 0.3) is 5.56 Å². The van der Waals surface area contributed by atoms with E-state index in [1.54, 1.807) is 41.0 Å². The first-order valence-electron chi connectivity index (χ1n) is 10.4. The van der Waals surface area contributed by atoms with Crippen molar-refractivity contribution in [1.29, 1.82) is 0 Å². The number of ether oxygens (including phenoxy) is 1. The second-order valence-corrected chi connectivity index (χ2v) is 8.51. The molecular weight excluding hydrogens is 458 g/mol. The zero-order chi connectivity index (χ0) is 23.2. The average molecular weight is 480 g/mol. The predicted octanol–water partition coefficient (Wildman–Crippen LogP) is 5.23. The summed E-state index contributed by atoms with van der Waals surface area (Å²) in [5, 5.41) is 4.41. The molecule has 1 N–H and O–H groups in total. The van der Waals surface area contributed by atoms with Crippen LogP contribution in [-0.2, 0) is 11.3 Å². The van der Waals surface area contributed by atoms with Gasteiger partial charge in [0.15, 0.2) is 5.16 Å². The van der Waals surface area contributed by atoms with Crippen LogP contribution in [0.25, 0.3) is 10.9 Å². The molecule has 0 saturated carbocycles. The fourth-order valence-electron chi connectivity index (χ4n) is 3.36. The van der Waals surface area contributed by atoms with Gasteiger partial charge >= 0.3 is 0 Å². The minimum Gasteiger partial charge on any atom is -0.492 e. The first-order chi connectivity index (χ1) is 16.1. The summed E-state index contributed by atoms with van der Waals surface area (Å²) in [6.07, 6.45) is 0. The lowest BCUT2D eigenvalue weighted by molar-refractivity contribution is -0.113. The van der Waals surface area contributed by atoms with E-state index in [1.807, 2.05) is 43.3 Å². The summed E-state index contributed by atoms with van der Waals surface area (Å²) in [5.74, 6) is 0.463. The van der Waals surface area contributed by atoms with Gasteiger partial charge < -0.3 is 10.1 Å². The summed E-state index contributed by atoms with van der Waals surface area (Å²) in [5.41, 5.74) is 1.81. The van der Waals surface area contributed by atoms with Crippen molar-refractivity contribution in [1.82, 2.24) is 9.55 Å². The van der Waals surface area contributed by atoms with E-state index in [0.29, 0.717) is 39.1 Å². The molecule has 0 aliphatic carbocycles. The molecule has 0 aliphatic heterocycles. The van der Waals surface area contributed by atoms with E-state index in [1.165, 1.54) is 11.8 Å². The molecule has 8 heteroatoms. The SMILES string of the molecule is CCOc1ccccc1NC(=O)CSc1nc2ccccc2c(=O)n1Cc1ccccc1Cl. The maximum atomic E-state index is 13.3. The van der Waals surface area contributed by atoms with Crippen LogP contribution in [0, 0.1) is 0 Å².